The number of rotatable bonds is 3. The van der Waals surface area contributed by atoms with Crippen molar-refractivity contribution >= 4 is 17.4 Å². The lowest BCUT2D eigenvalue weighted by Gasteiger charge is -2.34. The Balaban J connectivity index is 2.94. The number of alkyl halides is 1. The smallest absolute Gasteiger partial charge is 0.132 e. The molecule has 3 nitrogen and oxygen atoms in total. The summed E-state index contributed by atoms with van der Waals surface area (Å²) in [6.07, 6.45) is 1.76. The van der Waals surface area contributed by atoms with E-state index in [0.717, 1.165) is 11.6 Å². The molecule has 0 radical (unpaired) electrons. The van der Waals surface area contributed by atoms with E-state index in [2.05, 4.69) is 28.7 Å². The van der Waals surface area contributed by atoms with E-state index in [-0.39, 0.29) is 5.54 Å². The molecule has 0 bridgehead atoms. The Morgan fingerprint density at radius 1 is 1.50 bits per heavy atom. The Kier molecular flexibility index (Phi) is 3.32. The van der Waals surface area contributed by atoms with Crippen LogP contribution in [0.25, 0.3) is 0 Å². The average molecular weight is 214 g/mol. The largest absolute Gasteiger partial charge is 0.353 e. The zero-order chi connectivity index (χ0) is 10.8. The lowest BCUT2D eigenvalue weighted by atomic mass is 10.1. The molecule has 0 spiro atoms. The maximum Gasteiger partial charge on any atom is 0.132 e. The minimum Gasteiger partial charge on any atom is -0.353 e. The second-order valence-corrected chi connectivity index (χ2v) is 4.23. The van der Waals surface area contributed by atoms with E-state index in [4.69, 9.17) is 11.6 Å². The first-order chi connectivity index (χ1) is 6.47. The van der Waals surface area contributed by atoms with Crippen LogP contribution >= 0.6 is 11.6 Å². The molecule has 0 aliphatic rings. The van der Waals surface area contributed by atoms with E-state index in [1.807, 2.05) is 20.0 Å². The predicted molar refractivity (Wildman–Crippen MR) is 60.0 cm³/mol. The van der Waals surface area contributed by atoms with Crippen LogP contribution in [0.15, 0.2) is 12.3 Å². The van der Waals surface area contributed by atoms with E-state index in [1.165, 1.54) is 0 Å². The maximum atomic E-state index is 5.89. The van der Waals surface area contributed by atoms with Gasteiger partial charge in [-0.25, -0.2) is 9.97 Å². The molecule has 78 valence electrons. The molecule has 0 saturated carbocycles. The van der Waals surface area contributed by atoms with Crippen LogP contribution in [-0.4, -0.2) is 28.4 Å². The first kappa shape index (κ1) is 11.2. The first-order valence-electron chi connectivity index (χ1n) is 4.57. The SMILES string of the molecule is Cc1nccc(N(C)C(C)(C)CCl)n1. The summed E-state index contributed by atoms with van der Waals surface area (Å²) in [7, 11) is 1.99. The maximum absolute atomic E-state index is 5.89. The highest BCUT2D eigenvalue weighted by molar-refractivity contribution is 6.18. The van der Waals surface area contributed by atoms with Crippen molar-refractivity contribution in [2.45, 2.75) is 26.3 Å². The van der Waals surface area contributed by atoms with Crippen molar-refractivity contribution in [2.75, 3.05) is 17.8 Å². The first-order valence-corrected chi connectivity index (χ1v) is 5.10. The summed E-state index contributed by atoms with van der Waals surface area (Å²) in [6.45, 7) is 6.04. The number of hydrogen-bond acceptors (Lipinski definition) is 3. The molecule has 0 saturated heterocycles. The van der Waals surface area contributed by atoms with Crippen molar-refractivity contribution in [3.63, 3.8) is 0 Å². The Morgan fingerprint density at radius 2 is 2.14 bits per heavy atom. The van der Waals surface area contributed by atoms with Gasteiger partial charge in [-0.1, -0.05) is 0 Å². The summed E-state index contributed by atoms with van der Waals surface area (Å²) in [5.74, 6) is 2.25. The molecule has 4 heteroatoms. The van der Waals surface area contributed by atoms with Gasteiger partial charge in [0.2, 0.25) is 0 Å². The number of nitrogens with zero attached hydrogens (tertiary/aromatic N) is 3. The van der Waals surface area contributed by atoms with Crippen molar-refractivity contribution < 1.29 is 0 Å². The Labute approximate surface area is 90.1 Å². The number of halogens is 1. The van der Waals surface area contributed by atoms with Gasteiger partial charge in [0.25, 0.3) is 0 Å². The van der Waals surface area contributed by atoms with Crippen molar-refractivity contribution in [3.05, 3.63) is 18.1 Å². The van der Waals surface area contributed by atoms with Gasteiger partial charge in [0.1, 0.15) is 11.6 Å². The van der Waals surface area contributed by atoms with Crippen LogP contribution in [0.3, 0.4) is 0 Å². The zero-order valence-electron chi connectivity index (χ0n) is 9.08. The van der Waals surface area contributed by atoms with Gasteiger partial charge in [0, 0.05) is 24.7 Å². The highest BCUT2D eigenvalue weighted by atomic mass is 35.5. The van der Waals surface area contributed by atoms with E-state index in [9.17, 15) is 0 Å². The quantitative estimate of drug-likeness (QED) is 0.722. The van der Waals surface area contributed by atoms with Gasteiger partial charge in [-0.3, -0.25) is 0 Å². The molecular formula is C10H16ClN3. The third-order valence-electron chi connectivity index (χ3n) is 2.34. The molecule has 1 heterocycles. The van der Waals surface area contributed by atoms with E-state index < -0.39 is 0 Å². The highest BCUT2D eigenvalue weighted by Crippen LogP contribution is 2.20. The molecule has 0 aromatic carbocycles. The second-order valence-electron chi connectivity index (χ2n) is 3.97. The molecule has 0 unspecified atom stereocenters. The predicted octanol–water partition coefficient (Wildman–Crippen LogP) is 2.24. The van der Waals surface area contributed by atoms with Crippen LogP contribution < -0.4 is 4.90 Å². The van der Waals surface area contributed by atoms with Crippen LogP contribution in [0.1, 0.15) is 19.7 Å². The number of aryl methyl sites for hydroxylation is 1. The molecule has 0 amide bonds. The lowest BCUT2D eigenvalue weighted by molar-refractivity contribution is 0.539. The number of hydrogen-bond donors (Lipinski definition) is 0. The van der Waals surface area contributed by atoms with E-state index in [0.29, 0.717) is 5.88 Å². The normalized spacial score (nSPS) is 11.5. The number of anilines is 1. The minimum absolute atomic E-state index is 0.0949. The van der Waals surface area contributed by atoms with Crippen molar-refractivity contribution in [1.29, 1.82) is 0 Å². The summed E-state index contributed by atoms with van der Waals surface area (Å²) in [4.78, 5) is 10.5. The fourth-order valence-corrected chi connectivity index (χ4v) is 1.21. The van der Waals surface area contributed by atoms with Gasteiger partial charge in [0.05, 0.1) is 0 Å². The van der Waals surface area contributed by atoms with Crippen LogP contribution in [0.2, 0.25) is 0 Å². The molecule has 0 aliphatic carbocycles. The Morgan fingerprint density at radius 3 is 2.64 bits per heavy atom. The van der Waals surface area contributed by atoms with Crippen molar-refractivity contribution in [3.8, 4) is 0 Å². The molecule has 0 fully saturated rings. The standard InChI is InChI=1S/C10H16ClN3/c1-8-12-6-5-9(13-8)14(4)10(2,3)7-11/h5-6H,7H2,1-4H3. The lowest BCUT2D eigenvalue weighted by Crippen LogP contribution is -2.43. The van der Waals surface area contributed by atoms with Crippen molar-refractivity contribution in [2.24, 2.45) is 0 Å². The number of aromatic nitrogens is 2. The van der Waals surface area contributed by atoms with Crippen LogP contribution in [0.5, 0.6) is 0 Å². The minimum atomic E-state index is -0.0949. The van der Waals surface area contributed by atoms with Gasteiger partial charge >= 0.3 is 0 Å². The van der Waals surface area contributed by atoms with Gasteiger partial charge in [-0.15, -0.1) is 11.6 Å². The molecule has 0 N–H and O–H groups in total. The zero-order valence-corrected chi connectivity index (χ0v) is 9.84. The molecule has 0 aliphatic heterocycles. The fourth-order valence-electron chi connectivity index (χ4n) is 1.03. The molecule has 0 atom stereocenters. The molecule has 1 aromatic rings. The van der Waals surface area contributed by atoms with Crippen LogP contribution in [0, 0.1) is 6.92 Å². The van der Waals surface area contributed by atoms with Gasteiger partial charge in [-0.2, -0.15) is 0 Å². The summed E-state index contributed by atoms with van der Waals surface area (Å²) in [5, 5.41) is 0. The van der Waals surface area contributed by atoms with Gasteiger partial charge in [0.15, 0.2) is 0 Å². The summed E-state index contributed by atoms with van der Waals surface area (Å²) >= 11 is 5.89. The van der Waals surface area contributed by atoms with Crippen LogP contribution in [-0.2, 0) is 0 Å². The van der Waals surface area contributed by atoms with E-state index >= 15 is 0 Å². The summed E-state index contributed by atoms with van der Waals surface area (Å²) in [6, 6.07) is 1.89. The highest BCUT2D eigenvalue weighted by Gasteiger charge is 2.23. The van der Waals surface area contributed by atoms with Crippen molar-refractivity contribution in [1.82, 2.24) is 9.97 Å². The topological polar surface area (TPSA) is 29.0 Å². The molecule has 1 aromatic heterocycles. The van der Waals surface area contributed by atoms with E-state index in [1.54, 1.807) is 6.20 Å². The second kappa shape index (κ2) is 4.13. The van der Waals surface area contributed by atoms with Gasteiger partial charge in [-0.05, 0) is 26.8 Å². The monoisotopic (exact) mass is 213 g/mol. The molecule has 1 rings (SSSR count). The van der Waals surface area contributed by atoms with Crippen LogP contribution in [0.4, 0.5) is 5.82 Å². The fraction of sp³-hybridized carbons (Fsp3) is 0.600. The third kappa shape index (κ3) is 2.35. The Bertz CT molecular complexity index is 312. The summed E-state index contributed by atoms with van der Waals surface area (Å²) in [5.41, 5.74) is -0.0949. The third-order valence-corrected chi connectivity index (χ3v) is 2.99. The average Bonchev–Trinajstić information content (AvgIpc) is 2.16. The molecule has 14 heavy (non-hydrogen) atoms. The molecular weight excluding hydrogens is 198 g/mol. The van der Waals surface area contributed by atoms with Gasteiger partial charge < -0.3 is 4.90 Å². The summed E-state index contributed by atoms with van der Waals surface area (Å²) < 4.78 is 0. The Hall–Kier alpha value is -0.830.